The molecule has 32 heavy (non-hydrogen) atoms. The van der Waals surface area contributed by atoms with Gasteiger partial charge in [-0.2, -0.15) is 0 Å². The Labute approximate surface area is 189 Å². The van der Waals surface area contributed by atoms with Gasteiger partial charge < -0.3 is 19.5 Å². The van der Waals surface area contributed by atoms with Gasteiger partial charge in [0.05, 0.1) is 12.6 Å². The van der Waals surface area contributed by atoms with Crippen molar-refractivity contribution in [2.75, 3.05) is 20.2 Å². The smallest absolute Gasteiger partial charge is 0.317 e. The topological polar surface area (TPSA) is 63.6 Å². The Balaban J connectivity index is 1.37. The van der Waals surface area contributed by atoms with Crippen LogP contribution >= 0.6 is 0 Å². The Morgan fingerprint density at radius 3 is 2.53 bits per heavy atom. The highest BCUT2D eigenvalue weighted by Gasteiger charge is 2.26. The predicted molar refractivity (Wildman–Crippen MR) is 126 cm³/mol. The van der Waals surface area contributed by atoms with Crippen LogP contribution in [0, 0.1) is 0 Å². The summed E-state index contributed by atoms with van der Waals surface area (Å²) in [6.07, 6.45) is 5.01. The van der Waals surface area contributed by atoms with Gasteiger partial charge in [-0.15, -0.1) is 0 Å². The third-order valence-corrected chi connectivity index (χ3v) is 6.17. The first kappa shape index (κ1) is 21.9. The molecule has 2 heterocycles. The first-order chi connectivity index (χ1) is 15.7. The second-order valence-electron chi connectivity index (χ2n) is 8.26. The van der Waals surface area contributed by atoms with Gasteiger partial charge in [0.2, 0.25) is 0 Å². The first-order valence-electron chi connectivity index (χ1n) is 11.4. The van der Waals surface area contributed by atoms with E-state index in [0.29, 0.717) is 26.1 Å². The van der Waals surface area contributed by atoms with Crippen LogP contribution in [0.25, 0.3) is 16.6 Å². The van der Waals surface area contributed by atoms with Crippen molar-refractivity contribution in [2.45, 2.75) is 45.1 Å². The highest BCUT2D eigenvalue weighted by Crippen LogP contribution is 2.33. The van der Waals surface area contributed by atoms with Crippen LogP contribution in [-0.4, -0.2) is 41.7 Å². The molecule has 1 aliphatic rings. The van der Waals surface area contributed by atoms with Gasteiger partial charge in [-0.1, -0.05) is 49.2 Å². The summed E-state index contributed by atoms with van der Waals surface area (Å²) in [5.41, 5.74) is 4.90. The maximum absolute atomic E-state index is 12.8. The lowest BCUT2D eigenvalue weighted by Crippen LogP contribution is -2.43. The molecule has 1 N–H and O–H groups in total. The number of para-hydroxylation sites is 2. The lowest BCUT2D eigenvalue weighted by atomic mass is 10.0. The molecule has 0 saturated carbocycles. The molecule has 6 heteroatoms. The number of ether oxygens (including phenoxy) is 1. The Kier molecular flexibility index (Phi) is 7.10. The lowest BCUT2D eigenvalue weighted by molar-refractivity contribution is -0.140. The molecule has 2 aromatic carbocycles. The minimum atomic E-state index is -0.156. The number of urea groups is 1. The number of nitrogens with one attached hydrogen (secondary N) is 1. The number of fused-ring (bicyclic) bond motifs is 3. The highest BCUT2D eigenvalue weighted by molar-refractivity contribution is 5.88. The molecule has 0 spiro atoms. The van der Waals surface area contributed by atoms with Crippen molar-refractivity contribution in [1.82, 2.24) is 14.8 Å². The van der Waals surface area contributed by atoms with E-state index < -0.39 is 0 Å². The molecule has 168 valence electrons. The fourth-order valence-corrected chi connectivity index (χ4v) is 4.51. The average Bonchev–Trinajstić information content (AvgIpc) is 3.17. The zero-order chi connectivity index (χ0) is 22.3. The van der Waals surface area contributed by atoms with Gasteiger partial charge in [0.15, 0.2) is 0 Å². The van der Waals surface area contributed by atoms with E-state index in [0.717, 1.165) is 37.8 Å². The molecular formula is C26H31N3O3. The molecule has 0 unspecified atom stereocenters. The Bertz CT molecular complexity index is 1070. The van der Waals surface area contributed by atoms with Gasteiger partial charge >= 0.3 is 12.0 Å². The van der Waals surface area contributed by atoms with Crippen LogP contribution in [0.15, 0.2) is 54.6 Å². The highest BCUT2D eigenvalue weighted by atomic mass is 16.5. The van der Waals surface area contributed by atoms with Crippen LogP contribution < -0.4 is 5.32 Å². The monoisotopic (exact) mass is 433 g/mol. The second-order valence-corrected chi connectivity index (χ2v) is 8.26. The molecule has 0 bridgehead atoms. The average molecular weight is 434 g/mol. The number of aromatic nitrogens is 1. The van der Waals surface area contributed by atoms with Crippen LogP contribution in [0.3, 0.4) is 0 Å². The van der Waals surface area contributed by atoms with E-state index in [9.17, 15) is 9.59 Å². The van der Waals surface area contributed by atoms with E-state index in [1.54, 1.807) is 0 Å². The van der Waals surface area contributed by atoms with Crippen molar-refractivity contribution in [3.05, 3.63) is 65.9 Å². The number of rotatable bonds is 8. The number of methoxy groups -OCH3 is 1. The van der Waals surface area contributed by atoms with Crippen molar-refractivity contribution < 1.29 is 14.3 Å². The van der Waals surface area contributed by atoms with Crippen LogP contribution in [0.2, 0.25) is 0 Å². The zero-order valence-corrected chi connectivity index (χ0v) is 18.7. The van der Waals surface area contributed by atoms with Gasteiger partial charge in [0.1, 0.15) is 0 Å². The van der Waals surface area contributed by atoms with Gasteiger partial charge in [-0.3, -0.25) is 4.79 Å². The summed E-state index contributed by atoms with van der Waals surface area (Å²) in [5, 5.41) is 4.29. The number of hydrogen-bond acceptors (Lipinski definition) is 3. The number of benzene rings is 2. The largest absolute Gasteiger partial charge is 0.469 e. The van der Waals surface area contributed by atoms with Crippen molar-refractivity contribution in [3.8, 4) is 5.69 Å². The first-order valence-corrected chi connectivity index (χ1v) is 11.4. The maximum atomic E-state index is 12.8. The van der Waals surface area contributed by atoms with Crippen LogP contribution in [0.4, 0.5) is 4.79 Å². The maximum Gasteiger partial charge on any atom is 0.317 e. The molecule has 0 radical (unpaired) electrons. The van der Waals surface area contributed by atoms with Crippen LogP contribution in [0.5, 0.6) is 0 Å². The van der Waals surface area contributed by atoms with Crippen molar-refractivity contribution in [1.29, 1.82) is 0 Å². The molecule has 6 nitrogen and oxygen atoms in total. The van der Waals surface area contributed by atoms with E-state index in [4.69, 9.17) is 0 Å². The molecule has 1 aromatic heterocycles. The fourth-order valence-electron chi connectivity index (χ4n) is 4.51. The molecule has 0 atom stereocenters. The summed E-state index contributed by atoms with van der Waals surface area (Å²) in [5.74, 6) is -0.156. The number of esters is 1. The summed E-state index contributed by atoms with van der Waals surface area (Å²) in [6.45, 7) is 1.99. The molecular weight excluding hydrogens is 402 g/mol. The molecule has 3 aromatic rings. The third kappa shape index (κ3) is 4.79. The van der Waals surface area contributed by atoms with E-state index in [1.165, 1.54) is 29.3 Å². The van der Waals surface area contributed by atoms with Gasteiger partial charge in [-0.05, 0) is 31.0 Å². The standard InChI is InChI=1S/C26H31N3O3/c1-32-25(30)15-7-2-3-10-17-27-26(31)28-18-16-24-22(19-28)21-13-8-9-14-23(21)29(24)20-11-5-4-6-12-20/h4-6,8-9,11-14H,2-3,7,10,15-19H2,1H3,(H,27,31). The molecule has 0 saturated heterocycles. The van der Waals surface area contributed by atoms with Crippen molar-refractivity contribution in [3.63, 3.8) is 0 Å². The number of nitrogens with zero attached hydrogens (tertiary/aromatic N) is 2. The SMILES string of the molecule is COC(=O)CCCCCCNC(=O)N1CCc2c(c3ccccc3n2-c2ccccc2)C1. The Morgan fingerprint density at radius 2 is 1.72 bits per heavy atom. The number of carbonyl (C=O) groups excluding carboxylic acids is 2. The second kappa shape index (κ2) is 10.4. The number of amides is 2. The van der Waals surface area contributed by atoms with Gasteiger partial charge in [-0.25, -0.2) is 4.79 Å². The predicted octanol–water partition coefficient (Wildman–Crippen LogP) is 4.82. The van der Waals surface area contributed by atoms with E-state index >= 15 is 0 Å². The quantitative estimate of drug-likeness (QED) is 0.409. The van der Waals surface area contributed by atoms with Crippen molar-refractivity contribution in [2.24, 2.45) is 0 Å². The summed E-state index contributed by atoms with van der Waals surface area (Å²) in [6, 6.07) is 18.9. The van der Waals surface area contributed by atoms with E-state index in [-0.39, 0.29) is 12.0 Å². The normalized spacial score (nSPS) is 13.1. The zero-order valence-electron chi connectivity index (χ0n) is 18.7. The third-order valence-electron chi connectivity index (χ3n) is 6.17. The minimum absolute atomic E-state index is 0.00162. The Morgan fingerprint density at radius 1 is 0.969 bits per heavy atom. The summed E-state index contributed by atoms with van der Waals surface area (Å²) >= 11 is 0. The fraction of sp³-hybridized carbons (Fsp3) is 0.385. The minimum Gasteiger partial charge on any atom is -0.469 e. The summed E-state index contributed by atoms with van der Waals surface area (Å²) < 4.78 is 6.99. The molecule has 4 rings (SSSR count). The van der Waals surface area contributed by atoms with Gasteiger partial charge in [0.25, 0.3) is 0 Å². The molecule has 1 aliphatic heterocycles. The van der Waals surface area contributed by atoms with Crippen LogP contribution in [0.1, 0.15) is 43.4 Å². The van der Waals surface area contributed by atoms with E-state index in [2.05, 4.69) is 63.2 Å². The van der Waals surface area contributed by atoms with E-state index in [1.807, 2.05) is 11.0 Å². The molecule has 0 aliphatic carbocycles. The number of unbranched alkanes of at least 4 members (excludes halogenated alkanes) is 3. The summed E-state index contributed by atoms with van der Waals surface area (Å²) in [7, 11) is 1.42. The number of hydrogen-bond donors (Lipinski definition) is 1. The molecule has 0 fully saturated rings. The Hall–Kier alpha value is -3.28. The van der Waals surface area contributed by atoms with Gasteiger partial charge in [0, 0.05) is 54.8 Å². The number of carbonyl (C=O) groups is 2. The van der Waals surface area contributed by atoms with Crippen molar-refractivity contribution >= 4 is 22.9 Å². The lowest BCUT2D eigenvalue weighted by Gasteiger charge is -2.28. The molecule has 2 amide bonds. The summed E-state index contributed by atoms with van der Waals surface area (Å²) in [4.78, 5) is 25.8. The van der Waals surface area contributed by atoms with Crippen LogP contribution in [-0.2, 0) is 22.5 Å².